The zero-order valence-corrected chi connectivity index (χ0v) is 9.58. The van der Waals surface area contributed by atoms with E-state index in [2.05, 4.69) is 4.98 Å². The summed E-state index contributed by atoms with van der Waals surface area (Å²) in [6, 6.07) is 4.68. The van der Waals surface area contributed by atoms with E-state index in [1.807, 2.05) is 20.8 Å². The number of nitrogens with two attached hydrogens (primary N) is 1. The van der Waals surface area contributed by atoms with Gasteiger partial charge in [-0.3, -0.25) is 4.57 Å². The Morgan fingerprint density at radius 2 is 1.94 bits per heavy atom. The zero-order valence-electron chi connectivity index (χ0n) is 9.58. The lowest BCUT2D eigenvalue weighted by molar-refractivity contribution is 0.616. The fraction of sp³-hybridized carbons (Fsp3) is 0.250. The van der Waals surface area contributed by atoms with Gasteiger partial charge >= 0.3 is 0 Å². The molecule has 0 bridgehead atoms. The van der Waals surface area contributed by atoms with E-state index in [1.54, 1.807) is 16.7 Å². The minimum absolute atomic E-state index is 0.330. The van der Waals surface area contributed by atoms with Crippen molar-refractivity contribution in [2.24, 2.45) is 0 Å². The molecule has 0 atom stereocenters. The molecule has 2 aromatic rings. The molecule has 0 spiro atoms. The van der Waals surface area contributed by atoms with Crippen molar-refractivity contribution in [1.29, 1.82) is 0 Å². The second-order valence-corrected chi connectivity index (χ2v) is 3.88. The van der Waals surface area contributed by atoms with Gasteiger partial charge in [-0.1, -0.05) is 0 Å². The lowest BCUT2D eigenvalue weighted by Gasteiger charge is -2.09. The molecule has 1 aromatic heterocycles. The van der Waals surface area contributed by atoms with Crippen LogP contribution in [0.1, 0.15) is 17.2 Å². The number of rotatable bonds is 1. The first-order valence-corrected chi connectivity index (χ1v) is 5.08. The summed E-state index contributed by atoms with van der Waals surface area (Å²) in [4.78, 5) is 4.32. The molecule has 3 nitrogen and oxygen atoms in total. The number of nitrogens with zero attached hydrogens (tertiary/aromatic N) is 2. The number of aromatic nitrogens is 2. The van der Waals surface area contributed by atoms with Gasteiger partial charge in [0.1, 0.15) is 11.6 Å². The number of hydrogen-bond donors (Lipinski definition) is 1. The Bertz CT molecular complexity index is 543. The molecule has 2 rings (SSSR count). The van der Waals surface area contributed by atoms with E-state index in [0.717, 1.165) is 17.2 Å². The van der Waals surface area contributed by atoms with Crippen LogP contribution in [0.25, 0.3) is 5.69 Å². The maximum absolute atomic E-state index is 13.8. The first kappa shape index (κ1) is 10.7. The van der Waals surface area contributed by atoms with Gasteiger partial charge in [0.25, 0.3) is 0 Å². The second kappa shape index (κ2) is 3.63. The van der Waals surface area contributed by atoms with Crippen molar-refractivity contribution in [2.75, 3.05) is 5.73 Å². The van der Waals surface area contributed by atoms with Crippen molar-refractivity contribution in [2.45, 2.75) is 20.8 Å². The summed E-state index contributed by atoms with van der Waals surface area (Å²) in [5.41, 5.74) is 8.29. The number of hydrogen-bond acceptors (Lipinski definition) is 2. The molecule has 4 heteroatoms. The van der Waals surface area contributed by atoms with Crippen LogP contribution in [0.3, 0.4) is 0 Å². The van der Waals surface area contributed by atoms with Crippen LogP contribution in [0.2, 0.25) is 0 Å². The summed E-state index contributed by atoms with van der Waals surface area (Å²) < 4.78 is 15.6. The molecular formula is C12H14FN3. The number of benzene rings is 1. The maximum atomic E-state index is 13.8. The highest BCUT2D eigenvalue weighted by atomic mass is 19.1. The van der Waals surface area contributed by atoms with Gasteiger partial charge in [0.2, 0.25) is 0 Å². The third kappa shape index (κ3) is 1.56. The van der Waals surface area contributed by atoms with Crippen molar-refractivity contribution in [3.05, 3.63) is 41.2 Å². The minimum atomic E-state index is -0.330. The smallest absolute Gasteiger partial charge is 0.149 e. The van der Waals surface area contributed by atoms with Crippen molar-refractivity contribution in [1.82, 2.24) is 9.55 Å². The fourth-order valence-electron chi connectivity index (χ4n) is 1.84. The standard InChI is InChI=1S/C12H14FN3/c1-7-8(2)16(9(3)15-7)12-5-4-10(14)6-11(12)13/h4-6H,14H2,1-3H3. The summed E-state index contributed by atoms with van der Waals surface area (Å²) in [7, 11) is 0. The van der Waals surface area contributed by atoms with E-state index in [1.165, 1.54) is 6.07 Å². The topological polar surface area (TPSA) is 43.8 Å². The Balaban J connectivity index is 2.67. The SMILES string of the molecule is Cc1nc(C)n(-c2ccc(N)cc2F)c1C. The molecule has 0 radical (unpaired) electrons. The third-order valence-electron chi connectivity index (χ3n) is 2.72. The molecule has 0 fully saturated rings. The third-order valence-corrected chi connectivity index (χ3v) is 2.72. The van der Waals surface area contributed by atoms with E-state index >= 15 is 0 Å². The van der Waals surface area contributed by atoms with Crippen LogP contribution < -0.4 is 5.73 Å². The van der Waals surface area contributed by atoms with Crippen LogP contribution in [0.15, 0.2) is 18.2 Å². The van der Waals surface area contributed by atoms with Gasteiger partial charge in [-0.15, -0.1) is 0 Å². The monoisotopic (exact) mass is 219 g/mol. The van der Waals surface area contributed by atoms with Gasteiger partial charge in [0.05, 0.1) is 11.4 Å². The van der Waals surface area contributed by atoms with Crippen LogP contribution in [-0.2, 0) is 0 Å². The Hall–Kier alpha value is -1.84. The molecular weight excluding hydrogens is 205 g/mol. The second-order valence-electron chi connectivity index (χ2n) is 3.88. The van der Waals surface area contributed by atoms with Gasteiger partial charge in [-0.25, -0.2) is 9.37 Å². The average molecular weight is 219 g/mol. The van der Waals surface area contributed by atoms with Crippen LogP contribution in [0.5, 0.6) is 0 Å². The minimum Gasteiger partial charge on any atom is -0.399 e. The van der Waals surface area contributed by atoms with Gasteiger partial charge in [0, 0.05) is 11.4 Å². The molecule has 0 saturated heterocycles. The Morgan fingerprint density at radius 3 is 2.44 bits per heavy atom. The lowest BCUT2D eigenvalue weighted by atomic mass is 10.2. The number of imidazole rings is 1. The van der Waals surface area contributed by atoms with Gasteiger partial charge in [0.15, 0.2) is 0 Å². The predicted molar refractivity (Wildman–Crippen MR) is 62.1 cm³/mol. The highest BCUT2D eigenvalue weighted by Crippen LogP contribution is 2.21. The first-order chi connectivity index (χ1) is 7.50. The lowest BCUT2D eigenvalue weighted by Crippen LogP contribution is -2.03. The highest BCUT2D eigenvalue weighted by molar-refractivity contribution is 5.48. The number of anilines is 1. The molecule has 0 aliphatic carbocycles. The van der Waals surface area contributed by atoms with Crippen LogP contribution in [-0.4, -0.2) is 9.55 Å². The van der Waals surface area contributed by atoms with Crippen molar-refractivity contribution < 1.29 is 4.39 Å². The molecule has 1 heterocycles. The molecule has 0 amide bonds. The van der Waals surface area contributed by atoms with E-state index < -0.39 is 0 Å². The number of aryl methyl sites for hydroxylation is 2. The largest absolute Gasteiger partial charge is 0.399 e. The van der Waals surface area contributed by atoms with E-state index in [4.69, 9.17) is 5.73 Å². The van der Waals surface area contributed by atoms with Gasteiger partial charge in [-0.05, 0) is 39.0 Å². The first-order valence-electron chi connectivity index (χ1n) is 5.08. The fourth-order valence-corrected chi connectivity index (χ4v) is 1.84. The molecule has 0 aliphatic rings. The summed E-state index contributed by atoms with van der Waals surface area (Å²) in [6.07, 6.45) is 0. The molecule has 0 saturated carbocycles. The van der Waals surface area contributed by atoms with Crippen LogP contribution in [0, 0.1) is 26.6 Å². The van der Waals surface area contributed by atoms with Crippen molar-refractivity contribution >= 4 is 5.69 Å². The summed E-state index contributed by atoms with van der Waals surface area (Å²) in [6.45, 7) is 5.69. The maximum Gasteiger partial charge on any atom is 0.149 e. The Morgan fingerprint density at radius 1 is 1.25 bits per heavy atom. The van der Waals surface area contributed by atoms with Gasteiger partial charge < -0.3 is 5.73 Å². The summed E-state index contributed by atoms with van der Waals surface area (Å²) in [5, 5.41) is 0. The number of halogens is 1. The molecule has 1 aromatic carbocycles. The normalized spacial score (nSPS) is 10.8. The van der Waals surface area contributed by atoms with Crippen molar-refractivity contribution in [3.8, 4) is 5.69 Å². The molecule has 0 aliphatic heterocycles. The zero-order chi connectivity index (χ0) is 11.9. The van der Waals surface area contributed by atoms with E-state index in [-0.39, 0.29) is 5.82 Å². The Labute approximate surface area is 93.7 Å². The van der Waals surface area contributed by atoms with E-state index in [9.17, 15) is 4.39 Å². The number of nitrogen functional groups attached to an aromatic ring is 1. The van der Waals surface area contributed by atoms with Crippen molar-refractivity contribution in [3.63, 3.8) is 0 Å². The van der Waals surface area contributed by atoms with Gasteiger partial charge in [-0.2, -0.15) is 0 Å². The molecule has 16 heavy (non-hydrogen) atoms. The molecule has 2 N–H and O–H groups in total. The van der Waals surface area contributed by atoms with E-state index in [0.29, 0.717) is 11.4 Å². The molecule has 84 valence electrons. The highest BCUT2D eigenvalue weighted by Gasteiger charge is 2.12. The average Bonchev–Trinajstić information content (AvgIpc) is 2.43. The summed E-state index contributed by atoms with van der Waals surface area (Å²) >= 11 is 0. The molecule has 0 unspecified atom stereocenters. The van der Waals surface area contributed by atoms with Crippen LogP contribution >= 0.6 is 0 Å². The summed E-state index contributed by atoms with van der Waals surface area (Å²) in [5.74, 6) is 0.447. The quantitative estimate of drug-likeness (QED) is 0.749. The Kier molecular flexibility index (Phi) is 2.42. The predicted octanol–water partition coefficient (Wildman–Crippen LogP) is 2.52. The van der Waals surface area contributed by atoms with Crippen LogP contribution in [0.4, 0.5) is 10.1 Å².